The predicted octanol–water partition coefficient (Wildman–Crippen LogP) is 4.28. The minimum atomic E-state index is -4.50. The van der Waals surface area contributed by atoms with E-state index in [-0.39, 0.29) is 40.3 Å². The summed E-state index contributed by atoms with van der Waals surface area (Å²) < 4.78 is 38.4. The Balaban J connectivity index is 2.09. The summed E-state index contributed by atoms with van der Waals surface area (Å²) in [6.07, 6.45) is -3.15. The zero-order valence-electron chi connectivity index (χ0n) is 14.5. The molecule has 0 unspecified atom stereocenters. The molecule has 0 aliphatic carbocycles. The Morgan fingerprint density at radius 3 is 2.52 bits per heavy atom. The predicted molar refractivity (Wildman–Crippen MR) is 95.3 cm³/mol. The molecule has 27 heavy (non-hydrogen) atoms. The molecule has 5 nitrogen and oxygen atoms in total. The molecule has 0 aliphatic rings. The Bertz CT molecular complexity index is 854. The highest BCUT2D eigenvalue weighted by molar-refractivity contribution is 6.31. The molecule has 0 atom stereocenters. The second-order valence-electron chi connectivity index (χ2n) is 6.06. The van der Waals surface area contributed by atoms with Gasteiger partial charge in [0, 0.05) is 29.2 Å². The fraction of sp³-hybridized carbons (Fsp3) is 0.278. The van der Waals surface area contributed by atoms with Crippen molar-refractivity contribution in [1.29, 1.82) is 0 Å². The van der Waals surface area contributed by atoms with Crippen LogP contribution >= 0.6 is 11.6 Å². The first-order chi connectivity index (χ1) is 12.6. The molecule has 2 rings (SSSR count). The third-order valence-electron chi connectivity index (χ3n) is 3.61. The Morgan fingerprint density at radius 1 is 1.19 bits per heavy atom. The lowest BCUT2D eigenvalue weighted by Gasteiger charge is -2.12. The number of aromatic nitrogens is 1. The van der Waals surface area contributed by atoms with E-state index in [2.05, 4.69) is 15.6 Å². The van der Waals surface area contributed by atoms with Crippen LogP contribution in [0.2, 0.25) is 5.02 Å². The molecule has 0 fully saturated rings. The number of carbonyl (C=O) groups is 2. The summed E-state index contributed by atoms with van der Waals surface area (Å²) in [7, 11) is 0. The van der Waals surface area contributed by atoms with Gasteiger partial charge in [-0.1, -0.05) is 25.4 Å². The maximum atomic E-state index is 12.8. The molecule has 144 valence electrons. The zero-order chi connectivity index (χ0) is 20.2. The van der Waals surface area contributed by atoms with E-state index in [0.717, 1.165) is 18.2 Å². The van der Waals surface area contributed by atoms with Crippen LogP contribution in [0.4, 0.5) is 19.0 Å². The van der Waals surface area contributed by atoms with Gasteiger partial charge in [-0.15, -0.1) is 0 Å². The van der Waals surface area contributed by atoms with E-state index < -0.39 is 17.6 Å². The highest BCUT2D eigenvalue weighted by atomic mass is 35.5. The third-order valence-corrected chi connectivity index (χ3v) is 3.98. The van der Waals surface area contributed by atoms with Crippen molar-refractivity contribution in [3.8, 4) is 0 Å². The molecule has 1 heterocycles. The Kier molecular flexibility index (Phi) is 6.43. The summed E-state index contributed by atoms with van der Waals surface area (Å²) in [5.41, 5.74) is -0.506. The second kappa shape index (κ2) is 8.39. The molecule has 2 N–H and O–H groups in total. The van der Waals surface area contributed by atoms with Gasteiger partial charge in [-0.25, -0.2) is 4.98 Å². The normalized spacial score (nSPS) is 11.4. The van der Waals surface area contributed by atoms with Crippen molar-refractivity contribution in [1.82, 2.24) is 10.3 Å². The number of pyridine rings is 1. The first kappa shape index (κ1) is 20.7. The Labute approximate surface area is 158 Å². The molecule has 0 saturated heterocycles. The van der Waals surface area contributed by atoms with Crippen LogP contribution in [0, 0.1) is 5.92 Å². The topological polar surface area (TPSA) is 71.1 Å². The number of rotatable bonds is 5. The van der Waals surface area contributed by atoms with Gasteiger partial charge in [0.1, 0.15) is 5.82 Å². The van der Waals surface area contributed by atoms with Crippen molar-refractivity contribution < 1.29 is 22.8 Å². The first-order valence-electron chi connectivity index (χ1n) is 7.98. The molecule has 0 bridgehead atoms. The summed E-state index contributed by atoms with van der Waals surface area (Å²) in [4.78, 5) is 27.9. The van der Waals surface area contributed by atoms with Crippen molar-refractivity contribution in [3.63, 3.8) is 0 Å². The van der Waals surface area contributed by atoms with Crippen LogP contribution in [0.15, 0.2) is 36.5 Å². The fourth-order valence-corrected chi connectivity index (χ4v) is 2.26. The first-order valence-corrected chi connectivity index (χ1v) is 8.36. The number of amides is 2. The number of anilines is 1. The molecular formula is C18H17ClF3N3O2. The van der Waals surface area contributed by atoms with Crippen LogP contribution in [-0.2, 0) is 17.5 Å². The van der Waals surface area contributed by atoms with Crippen LogP contribution < -0.4 is 10.6 Å². The standard InChI is InChI=1S/C18H17ClF3N3O2/c1-10(2)16(26)25-15-8-11(5-6-23-15)17(27)24-9-12-7-13(18(20,21)22)3-4-14(12)19/h3-8,10H,9H2,1-2H3,(H,24,27)(H,23,25,26). The minimum absolute atomic E-state index is 0.114. The van der Waals surface area contributed by atoms with Gasteiger partial charge in [-0.05, 0) is 35.9 Å². The van der Waals surface area contributed by atoms with Crippen LogP contribution in [0.25, 0.3) is 0 Å². The van der Waals surface area contributed by atoms with Crippen molar-refractivity contribution in [2.75, 3.05) is 5.32 Å². The molecule has 0 spiro atoms. The summed E-state index contributed by atoms with van der Waals surface area (Å²) in [5, 5.41) is 5.19. The van der Waals surface area contributed by atoms with E-state index in [9.17, 15) is 22.8 Å². The van der Waals surface area contributed by atoms with Gasteiger partial charge >= 0.3 is 6.18 Å². The van der Waals surface area contributed by atoms with Crippen LogP contribution in [0.1, 0.15) is 35.3 Å². The monoisotopic (exact) mass is 399 g/mol. The quantitative estimate of drug-likeness (QED) is 0.788. The van der Waals surface area contributed by atoms with Crippen LogP contribution in [-0.4, -0.2) is 16.8 Å². The lowest BCUT2D eigenvalue weighted by molar-refractivity contribution is -0.137. The molecule has 0 radical (unpaired) electrons. The molecule has 1 aromatic heterocycles. The maximum Gasteiger partial charge on any atom is 0.416 e. The second-order valence-corrected chi connectivity index (χ2v) is 6.47. The summed E-state index contributed by atoms with van der Waals surface area (Å²) in [5.74, 6) is -0.840. The number of carbonyl (C=O) groups excluding carboxylic acids is 2. The highest BCUT2D eigenvalue weighted by Gasteiger charge is 2.30. The number of alkyl halides is 3. The maximum absolute atomic E-state index is 12.8. The Hall–Kier alpha value is -2.61. The van der Waals surface area contributed by atoms with Gasteiger partial charge in [0.25, 0.3) is 5.91 Å². The van der Waals surface area contributed by atoms with Crippen molar-refractivity contribution in [2.45, 2.75) is 26.6 Å². The molecule has 2 amide bonds. The largest absolute Gasteiger partial charge is 0.416 e. The smallest absolute Gasteiger partial charge is 0.348 e. The van der Waals surface area contributed by atoms with Gasteiger partial charge in [0.2, 0.25) is 5.91 Å². The lowest BCUT2D eigenvalue weighted by Crippen LogP contribution is -2.24. The van der Waals surface area contributed by atoms with E-state index in [4.69, 9.17) is 11.6 Å². The number of nitrogens with zero attached hydrogens (tertiary/aromatic N) is 1. The van der Waals surface area contributed by atoms with Crippen molar-refractivity contribution >= 4 is 29.2 Å². The molecule has 0 saturated carbocycles. The lowest BCUT2D eigenvalue weighted by atomic mass is 10.1. The van der Waals surface area contributed by atoms with E-state index in [1.165, 1.54) is 18.3 Å². The third kappa shape index (κ3) is 5.68. The molecule has 2 aromatic rings. The number of benzene rings is 1. The van der Waals surface area contributed by atoms with E-state index in [1.54, 1.807) is 13.8 Å². The number of halogens is 4. The number of hydrogen-bond donors (Lipinski definition) is 2. The molecule has 0 aliphatic heterocycles. The van der Waals surface area contributed by atoms with E-state index in [1.807, 2.05) is 0 Å². The summed E-state index contributed by atoms with van der Waals surface area (Å²) in [6.45, 7) is 3.24. The fourth-order valence-electron chi connectivity index (χ4n) is 2.07. The van der Waals surface area contributed by atoms with Gasteiger partial charge in [-0.3, -0.25) is 9.59 Å². The Morgan fingerprint density at radius 2 is 1.89 bits per heavy atom. The zero-order valence-corrected chi connectivity index (χ0v) is 15.3. The highest BCUT2D eigenvalue weighted by Crippen LogP contribution is 2.31. The summed E-state index contributed by atoms with van der Waals surface area (Å²) >= 11 is 5.91. The van der Waals surface area contributed by atoms with E-state index in [0.29, 0.717) is 0 Å². The molecule has 9 heteroatoms. The minimum Gasteiger partial charge on any atom is -0.348 e. The number of hydrogen-bond acceptors (Lipinski definition) is 3. The average molecular weight is 400 g/mol. The molecule has 1 aromatic carbocycles. The van der Waals surface area contributed by atoms with Crippen molar-refractivity contribution in [2.24, 2.45) is 5.92 Å². The average Bonchev–Trinajstić information content (AvgIpc) is 2.59. The van der Waals surface area contributed by atoms with Gasteiger partial charge < -0.3 is 10.6 Å². The van der Waals surface area contributed by atoms with E-state index >= 15 is 0 Å². The van der Waals surface area contributed by atoms with Crippen LogP contribution in [0.5, 0.6) is 0 Å². The summed E-state index contributed by atoms with van der Waals surface area (Å²) in [6, 6.07) is 5.71. The van der Waals surface area contributed by atoms with Crippen LogP contribution in [0.3, 0.4) is 0 Å². The van der Waals surface area contributed by atoms with Crippen molar-refractivity contribution in [3.05, 3.63) is 58.2 Å². The SMILES string of the molecule is CC(C)C(=O)Nc1cc(C(=O)NCc2cc(C(F)(F)F)ccc2Cl)ccn1. The van der Waals surface area contributed by atoms with Gasteiger partial charge in [-0.2, -0.15) is 13.2 Å². The number of nitrogens with one attached hydrogen (secondary N) is 2. The van der Waals surface area contributed by atoms with Gasteiger partial charge in [0.15, 0.2) is 0 Å². The van der Waals surface area contributed by atoms with Gasteiger partial charge in [0.05, 0.1) is 5.56 Å². The molecular weight excluding hydrogens is 383 g/mol.